The van der Waals surface area contributed by atoms with Crippen LogP contribution in [0.2, 0.25) is 0 Å². The average molecular weight is 226 g/mol. The Hall–Kier alpha value is -0.310. The van der Waals surface area contributed by atoms with Crippen molar-refractivity contribution in [3.63, 3.8) is 0 Å². The summed E-state index contributed by atoms with van der Waals surface area (Å²) < 4.78 is 0. The summed E-state index contributed by atoms with van der Waals surface area (Å²) in [5.41, 5.74) is 0. The molecule has 15 heavy (non-hydrogen) atoms. The molecule has 0 aliphatic heterocycles. The molecule has 0 aromatic carbocycles. The lowest BCUT2D eigenvalue weighted by atomic mass is 9.83. The smallest absolute Gasteiger partial charge is 0.166 e. The van der Waals surface area contributed by atoms with Crippen LogP contribution >= 0.6 is 12.2 Å². The van der Waals surface area contributed by atoms with Crippen LogP contribution in [0.3, 0.4) is 0 Å². The Bertz CT molecular complexity index is 208. The molecule has 0 aromatic rings. The van der Waals surface area contributed by atoms with Gasteiger partial charge in [-0.05, 0) is 37.4 Å². The Kier molecular flexibility index (Phi) is 4.24. The van der Waals surface area contributed by atoms with E-state index in [1.807, 2.05) is 0 Å². The first-order valence-electron chi connectivity index (χ1n) is 6.39. The Morgan fingerprint density at radius 2 is 1.80 bits per heavy atom. The molecule has 2 aliphatic rings. The van der Waals surface area contributed by atoms with Crippen LogP contribution in [0.25, 0.3) is 0 Å². The molecule has 2 N–H and O–H groups in total. The van der Waals surface area contributed by atoms with E-state index >= 15 is 0 Å². The Morgan fingerprint density at radius 3 is 2.40 bits per heavy atom. The van der Waals surface area contributed by atoms with Crippen LogP contribution in [-0.2, 0) is 0 Å². The SMILES string of the molecule is S=C(NCCC1CCC1)NC1CCCC1. The monoisotopic (exact) mass is 226 g/mol. The van der Waals surface area contributed by atoms with Crippen molar-refractivity contribution < 1.29 is 0 Å². The van der Waals surface area contributed by atoms with E-state index < -0.39 is 0 Å². The third-order valence-electron chi connectivity index (χ3n) is 3.75. The molecule has 0 atom stereocenters. The summed E-state index contributed by atoms with van der Waals surface area (Å²) in [6.45, 7) is 1.06. The van der Waals surface area contributed by atoms with Crippen molar-refractivity contribution in [2.75, 3.05) is 6.54 Å². The fourth-order valence-corrected chi connectivity index (χ4v) is 2.75. The summed E-state index contributed by atoms with van der Waals surface area (Å²) in [5.74, 6) is 0.979. The van der Waals surface area contributed by atoms with Crippen molar-refractivity contribution in [1.82, 2.24) is 10.6 Å². The highest BCUT2D eigenvalue weighted by atomic mass is 32.1. The predicted molar refractivity (Wildman–Crippen MR) is 68.0 cm³/mol. The summed E-state index contributed by atoms with van der Waals surface area (Å²) in [5, 5.41) is 7.61. The van der Waals surface area contributed by atoms with Crippen LogP contribution in [0.1, 0.15) is 51.4 Å². The molecule has 0 saturated heterocycles. The quantitative estimate of drug-likeness (QED) is 0.721. The minimum absolute atomic E-state index is 0.647. The fourth-order valence-electron chi connectivity index (χ4n) is 2.48. The van der Waals surface area contributed by atoms with E-state index in [0.29, 0.717) is 6.04 Å². The van der Waals surface area contributed by atoms with Gasteiger partial charge in [-0.15, -0.1) is 0 Å². The molecule has 0 spiro atoms. The second-order valence-electron chi connectivity index (χ2n) is 4.97. The van der Waals surface area contributed by atoms with Gasteiger partial charge in [0, 0.05) is 12.6 Å². The zero-order valence-electron chi connectivity index (χ0n) is 9.43. The molecule has 0 aromatic heterocycles. The second-order valence-corrected chi connectivity index (χ2v) is 5.38. The molecular weight excluding hydrogens is 204 g/mol. The van der Waals surface area contributed by atoms with E-state index in [1.54, 1.807) is 0 Å². The summed E-state index contributed by atoms with van der Waals surface area (Å²) >= 11 is 5.27. The molecule has 0 amide bonds. The Balaban J connectivity index is 1.51. The maximum Gasteiger partial charge on any atom is 0.166 e. The highest BCUT2D eigenvalue weighted by molar-refractivity contribution is 7.80. The third-order valence-corrected chi connectivity index (χ3v) is 4.02. The predicted octanol–water partition coefficient (Wildman–Crippen LogP) is 2.58. The summed E-state index contributed by atoms with van der Waals surface area (Å²) in [7, 11) is 0. The van der Waals surface area contributed by atoms with Crippen molar-refractivity contribution in [1.29, 1.82) is 0 Å². The van der Waals surface area contributed by atoms with Gasteiger partial charge in [-0.25, -0.2) is 0 Å². The number of rotatable bonds is 4. The molecule has 2 saturated carbocycles. The molecule has 2 nitrogen and oxygen atoms in total. The van der Waals surface area contributed by atoms with E-state index in [9.17, 15) is 0 Å². The van der Waals surface area contributed by atoms with Gasteiger partial charge >= 0.3 is 0 Å². The topological polar surface area (TPSA) is 24.1 Å². The Labute approximate surface area is 98.2 Å². The van der Waals surface area contributed by atoms with Crippen LogP contribution in [0.4, 0.5) is 0 Å². The molecule has 2 fully saturated rings. The van der Waals surface area contributed by atoms with E-state index in [-0.39, 0.29) is 0 Å². The van der Waals surface area contributed by atoms with Crippen LogP contribution in [0, 0.1) is 5.92 Å². The lowest BCUT2D eigenvalue weighted by Gasteiger charge is -2.25. The van der Waals surface area contributed by atoms with Crippen molar-refractivity contribution in [2.24, 2.45) is 5.92 Å². The summed E-state index contributed by atoms with van der Waals surface area (Å²) in [4.78, 5) is 0. The molecule has 86 valence electrons. The third kappa shape index (κ3) is 3.63. The maximum atomic E-state index is 5.27. The van der Waals surface area contributed by atoms with Gasteiger partial charge in [0.1, 0.15) is 0 Å². The molecule has 0 unspecified atom stereocenters. The molecule has 0 radical (unpaired) electrons. The van der Waals surface area contributed by atoms with Gasteiger partial charge in [0.05, 0.1) is 0 Å². The molecular formula is C12H22N2S. The van der Waals surface area contributed by atoms with Gasteiger partial charge < -0.3 is 10.6 Å². The van der Waals surface area contributed by atoms with Crippen molar-refractivity contribution >= 4 is 17.3 Å². The van der Waals surface area contributed by atoms with Crippen molar-refractivity contribution in [3.8, 4) is 0 Å². The first kappa shape index (κ1) is 11.2. The van der Waals surface area contributed by atoms with E-state index in [1.165, 1.54) is 51.4 Å². The van der Waals surface area contributed by atoms with Crippen molar-refractivity contribution in [2.45, 2.75) is 57.4 Å². The highest BCUT2D eigenvalue weighted by Crippen LogP contribution is 2.28. The number of hydrogen-bond donors (Lipinski definition) is 2. The first-order chi connectivity index (χ1) is 7.34. The largest absolute Gasteiger partial charge is 0.363 e. The van der Waals surface area contributed by atoms with Gasteiger partial charge in [-0.1, -0.05) is 32.1 Å². The van der Waals surface area contributed by atoms with Crippen LogP contribution < -0.4 is 10.6 Å². The maximum absolute atomic E-state index is 5.27. The van der Waals surface area contributed by atoms with Gasteiger partial charge in [0.2, 0.25) is 0 Å². The fraction of sp³-hybridized carbons (Fsp3) is 0.917. The van der Waals surface area contributed by atoms with Crippen LogP contribution in [-0.4, -0.2) is 17.7 Å². The number of thiocarbonyl (C=S) groups is 1. The minimum Gasteiger partial charge on any atom is -0.363 e. The normalized spacial score (nSPS) is 22.4. The summed E-state index contributed by atoms with van der Waals surface area (Å²) in [6.07, 6.45) is 10.9. The average Bonchev–Trinajstić information content (AvgIpc) is 2.62. The second kappa shape index (κ2) is 5.69. The lowest BCUT2D eigenvalue weighted by Crippen LogP contribution is -2.41. The minimum atomic E-state index is 0.647. The number of hydrogen-bond acceptors (Lipinski definition) is 1. The molecule has 2 aliphatic carbocycles. The van der Waals surface area contributed by atoms with E-state index in [2.05, 4.69) is 10.6 Å². The van der Waals surface area contributed by atoms with Gasteiger partial charge in [0.15, 0.2) is 5.11 Å². The van der Waals surface area contributed by atoms with Crippen LogP contribution in [0.15, 0.2) is 0 Å². The van der Waals surface area contributed by atoms with E-state index in [4.69, 9.17) is 12.2 Å². The van der Waals surface area contributed by atoms with E-state index in [0.717, 1.165) is 17.6 Å². The van der Waals surface area contributed by atoms with Gasteiger partial charge in [-0.3, -0.25) is 0 Å². The molecule has 2 rings (SSSR count). The first-order valence-corrected chi connectivity index (χ1v) is 6.80. The number of nitrogens with one attached hydrogen (secondary N) is 2. The van der Waals surface area contributed by atoms with Gasteiger partial charge in [0.25, 0.3) is 0 Å². The van der Waals surface area contributed by atoms with Crippen molar-refractivity contribution in [3.05, 3.63) is 0 Å². The van der Waals surface area contributed by atoms with Crippen LogP contribution in [0.5, 0.6) is 0 Å². The molecule has 0 bridgehead atoms. The molecule has 3 heteroatoms. The standard InChI is InChI=1S/C12H22N2S/c15-12(14-11-6-1-2-7-11)13-9-8-10-4-3-5-10/h10-11H,1-9H2,(H2,13,14,15). The lowest BCUT2D eigenvalue weighted by molar-refractivity contribution is 0.297. The molecule has 0 heterocycles. The Morgan fingerprint density at radius 1 is 1.07 bits per heavy atom. The highest BCUT2D eigenvalue weighted by Gasteiger charge is 2.17. The zero-order chi connectivity index (χ0) is 10.5. The van der Waals surface area contributed by atoms with Gasteiger partial charge in [-0.2, -0.15) is 0 Å². The zero-order valence-corrected chi connectivity index (χ0v) is 10.2. The summed E-state index contributed by atoms with van der Waals surface area (Å²) in [6, 6.07) is 0.647.